The number of ether oxygens (including phenoxy) is 1. The summed E-state index contributed by atoms with van der Waals surface area (Å²) in [6, 6.07) is 0. The first-order chi connectivity index (χ1) is 12.9. The molecule has 0 amide bonds. The van der Waals surface area contributed by atoms with E-state index in [2.05, 4.69) is 60.4 Å². The Kier molecular flexibility index (Phi) is 8.07. The van der Waals surface area contributed by atoms with E-state index in [1.807, 2.05) is 0 Å². The van der Waals surface area contributed by atoms with Gasteiger partial charge in [0.05, 0.1) is 0 Å². The van der Waals surface area contributed by atoms with Crippen molar-refractivity contribution in [1.29, 1.82) is 0 Å². The van der Waals surface area contributed by atoms with E-state index in [4.69, 9.17) is 9.26 Å². The predicted molar refractivity (Wildman–Crippen MR) is 108 cm³/mol. The molecule has 0 saturated heterocycles. The second-order valence-corrected chi connectivity index (χ2v) is 8.47. The topological polar surface area (TPSA) is 84.6 Å². The summed E-state index contributed by atoms with van der Waals surface area (Å²) in [5.74, 6) is 2.07. The van der Waals surface area contributed by atoms with E-state index in [9.17, 15) is 0 Å². The van der Waals surface area contributed by atoms with Crippen molar-refractivity contribution in [3.05, 3.63) is 11.7 Å². The maximum atomic E-state index is 5.61. The van der Waals surface area contributed by atoms with Crippen LogP contribution in [-0.2, 0) is 16.7 Å². The fourth-order valence-corrected chi connectivity index (χ4v) is 3.46. The Morgan fingerprint density at radius 1 is 1.22 bits per heavy atom. The lowest BCUT2D eigenvalue weighted by molar-refractivity contribution is 0.105. The highest BCUT2D eigenvalue weighted by atomic mass is 16.5. The van der Waals surface area contributed by atoms with Crippen molar-refractivity contribution in [1.82, 2.24) is 20.8 Å². The summed E-state index contributed by atoms with van der Waals surface area (Å²) in [6.45, 7) is 14.1. The van der Waals surface area contributed by atoms with Crippen molar-refractivity contribution in [3.63, 3.8) is 0 Å². The second-order valence-electron chi connectivity index (χ2n) is 8.47. The highest BCUT2D eigenvalue weighted by Gasteiger charge is 2.33. The summed E-state index contributed by atoms with van der Waals surface area (Å²) in [5.41, 5.74) is 0.171. The lowest BCUT2D eigenvalue weighted by Gasteiger charge is -2.30. The fourth-order valence-electron chi connectivity index (χ4n) is 3.46. The molecule has 0 unspecified atom stereocenters. The summed E-state index contributed by atoms with van der Waals surface area (Å²) >= 11 is 0. The average molecular weight is 380 g/mol. The minimum absolute atomic E-state index is 0.146. The molecule has 154 valence electrons. The van der Waals surface area contributed by atoms with Crippen LogP contribution in [0, 0.1) is 5.41 Å². The molecule has 0 bridgehead atoms. The lowest BCUT2D eigenvalue weighted by Crippen LogP contribution is -2.43. The molecule has 7 nitrogen and oxygen atoms in total. The molecule has 1 aromatic heterocycles. The van der Waals surface area contributed by atoms with Gasteiger partial charge >= 0.3 is 0 Å². The van der Waals surface area contributed by atoms with Crippen molar-refractivity contribution in [2.24, 2.45) is 10.4 Å². The monoisotopic (exact) mass is 379 g/mol. The summed E-state index contributed by atoms with van der Waals surface area (Å²) in [5, 5.41) is 10.9. The molecule has 1 saturated carbocycles. The van der Waals surface area contributed by atoms with Crippen LogP contribution in [0.25, 0.3) is 0 Å². The molecule has 0 aliphatic heterocycles. The van der Waals surface area contributed by atoms with Crippen LogP contribution in [0.15, 0.2) is 9.52 Å². The maximum Gasteiger partial charge on any atom is 0.232 e. The van der Waals surface area contributed by atoms with Gasteiger partial charge in [-0.25, -0.2) is 4.99 Å². The second kappa shape index (κ2) is 10.1. The number of hydrogen-bond donors (Lipinski definition) is 2. The smallest absolute Gasteiger partial charge is 0.232 e. The number of rotatable bonds is 9. The first kappa shape index (κ1) is 21.7. The van der Waals surface area contributed by atoms with Crippen LogP contribution in [0.3, 0.4) is 0 Å². The molecule has 0 aromatic carbocycles. The van der Waals surface area contributed by atoms with Crippen molar-refractivity contribution < 1.29 is 9.26 Å². The number of hydrogen-bond acceptors (Lipinski definition) is 5. The first-order valence-electron chi connectivity index (χ1n) is 10.3. The van der Waals surface area contributed by atoms with Crippen LogP contribution < -0.4 is 10.6 Å². The number of nitrogens with one attached hydrogen (secondary N) is 2. The zero-order valence-electron chi connectivity index (χ0n) is 17.7. The molecule has 0 spiro atoms. The standard InChI is InChI=1S/C20H37N5O2/c1-6-21-18(22-14-16-24-17(27-25-16)19(3,4)5)23-15-20(10-8-9-11-20)12-13-26-7-2/h6-15H2,1-5H3,(H2,21,22,23). The van der Waals surface area contributed by atoms with E-state index in [1.165, 1.54) is 25.7 Å². The van der Waals surface area contributed by atoms with Gasteiger partial charge in [-0.05, 0) is 38.5 Å². The van der Waals surface area contributed by atoms with Gasteiger partial charge in [-0.1, -0.05) is 38.8 Å². The molecule has 1 heterocycles. The minimum Gasteiger partial charge on any atom is -0.382 e. The Hall–Kier alpha value is -1.63. The van der Waals surface area contributed by atoms with Gasteiger partial charge in [-0.15, -0.1) is 0 Å². The van der Waals surface area contributed by atoms with Gasteiger partial charge in [0, 0.05) is 31.7 Å². The number of nitrogens with zero attached hydrogens (tertiary/aromatic N) is 3. The van der Waals surface area contributed by atoms with Crippen molar-refractivity contribution >= 4 is 5.96 Å². The third-order valence-electron chi connectivity index (χ3n) is 5.11. The molecule has 1 fully saturated rings. The van der Waals surface area contributed by atoms with Crippen molar-refractivity contribution in [3.8, 4) is 0 Å². The maximum absolute atomic E-state index is 5.61. The predicted octanol–water partition coefficient (Wildman–Crippen LogP) is 3.41. The SMILES string of the molecule is CCNC(=NCc1noc(C(C)(C)C)n1)NCC1(CCOCC)CCCC1. The molecule has 0 atom stereocenters. The highest BCUT2D eigenvalue weighted by Crippen LogP contribution is 2.40. The highest BCUT2D eigenvalue weighted by molar-refractivity contribution is 5.79. The van der Waals surface area contributed by atoms with Gasteiger partial charge in [-0.3, -0.25) is 0 Å². The van der Waals surface area contributed by atoms with E-state index in [1.54, 1.807) is 0 Å². The van der Waals surface area contributed by atoms with Crippen LogP contribution in [0.1, 0.15) is 78.4 Å². The van der Waals surface area contributed by atoms with Gasteiger partial charge in [0.25, 0.3) is 0 Å². The molecule has 0 radical (unpaired) electrons. The third kappa shape index (κ3) is 6.79. The largest absolute Gasteiger partial charge is 0.382 e. The van der Waals surface area contributed by atoms with Gasteiger partial charge in [0.1, 0.15) is 6.54 Å². The first-order valence-corrected chi connectivity index (χ1v) is 10.3. The summed E-state index contributed by atoms with van der Waals surface area (Å²) in [4.78, 5) is 9.10. The van der Waals surface area contributed by atoms with E-state index in [0.717, 1.165) is 38.7 Å². The molecule has 1 aliphatic rings. The van der Waals surface area contributed by atoms with Crippen molar-refractivity contribution in [2.45, 2.75) is 78.7 Å². The van der Waals surface area contributed by atoms with E-state index < -0.39 is 0 Å². The zero-order valence-corrected chi connectivity index (χ0v) is 17.7. The van der Waals surface area contributed by atoms with Crippen LogP contribution >= 0.6 is 0 Å². The molecule has 27 heavy (non-hydrogen) atoms. The quantitative estimate of drug-likeness (QED) is 0.389. The van der Waals surface area contributed by atoms with E-state index in [-0.39, 0.29) is 5.41 Å². The van der Waals surface area contributed by atoms with Gasteiger partial charge in [0.2, 0.25) is 5.89 Å². The molecule has 2 rings (SSSR count). The zero-order chi connectivity index (χ0) is 19.8. The van der Waals surface area contributed by atoms with Gasteiger partial charge in [-0.2, -0.15) is 4.98 Å². The van der Waals surface area contributed by atoms with Crippen molar-refractivity contribution in [2.75, 3.05) is 26.3 Å². The van der Waals surface area contributed by atoms with Crippen LogP contribution in [0.2, 0.25) is 0 Å². The number of aliphatic imine (C=N–C) groups is 1. The Morgan fingerprint density at radius 2 is 1.96 bits per heavy atom. The number of aromatic nitrogens is 2. The summed E-state index contributed by atoms with van der Waals surface area (Å²) < 4.78 is 11.0. The Morgan fingerprint density at radius 3 is 2.56 bits per heavy atom. The summed E-state index contributed by atoms with van der Waals surface area (Å²) in [7, 11) is 0. The lowest BCUT2D eigenvalue weighted by atomic mass is 9.83. The van der Waals surface area contributed by atoms with Gasteiger partial charge in [0.15, 0.2) is 11.8 Å². The summed E-state index contributed by atoms with van der Waals surface area (Å²) in [6.07, 6.45) is 6.23. The molecular weight excluding hydrogens is 342 g/mol. The van der Waals surface area contributed by atoms with Crippen LogP contribution in [-0.4, -0.2) is 42.4 Å². The number of guanidine groups is 1. The Labute approximate surface area is 163 Å². The molecule has 1 aromatic rings. The van der Waals surface area contributed by atoms with Crippen LogP contribution in [0.4, 0.5) is 0 Å². The van der Waals surface area contributed by atoms with Gasteiger partial charge < -0.3 is 19.9 Å². The van der Waals surface area contributed by atoms with Crippen LogP contribution in [0.5, 0.6) is 0 Å². The molecular formula is C20H37N5O2. The average Bonchev–Trinajstić information content (AvgIpc) is 3.27. The minimum atomic E-state index is -0.146. The Bertz CT molecular complexity index is 585. The molecule has 1 aliphatic carbocycles. The van der Waals surface area contributed by atoms with E-state index in [0.29, 0.717) is 23.7 Å². The molecule has 2 N–H and O–H groups in total. The van der Waals surface area contributed by atoms with E-state index >= 15 is 0 Å². The Balaban J connectivity index is 1.95. The fraction of sp³-hybridized carbons (Fsp3) is 0.850. The third-order valence-corrected chi connectivity index (χ3v) is 5.11. The normalized spacial score (nSPS) is 17.3. The molecule has 7 heteroatoms.